The Morgan fingerprint density at radius 1 is 1.26 bits per heavy atom. The molecular formula is C20H41NO5Si. The summed E-state index contributed by atoms with van der Waals surface area (Å²) < 4.78 is 18.6. The molecule has 0 aromatic heterocycles. The summed E-state index contributed by atoms with van der Waals surface area (Å²) in [6.45, 7) is 18.8. The summed E-state index contributed by atoms with van der Waals surface area (Å²) in [7, 11) is 1.29. The predicted molar refractivity (Wildman–Crippen MR) is 110 cm³/mol. The summed E-state index contributed by atoms with van der Waals surface area (Å²) in [5.74, 6) is -1.56. The molecule has 7 heteroatoms. The maximum absolute atomic E-state index is 12.4. The molecule has 0 aliphatic carbocycles. The summed E-state index contributed by atoms with van der Waals surface area (Å²) in [4.78, 5) is 13.9. The number of aliphatic hydroxyl groups is 1. The average molecular weight is 404 g/mol. The SMILES string of the molecule is C[C@@H]([C@@H](O)[C@@H](C)C(=O)N(C)C)[C@H](O[Si](C)(C)C(C)(C)C)[C@H]1COC(C)(C)O1. The van der Waals surface area contributed by atoms with Gasteiger partial charge < -0.3 is 23.9 Å². The van der Waals surface area contributed by atoms with E-state index in [2.05, 4.69) is 33.9 Å². The topological polar surface area (TPSA) is 68.2 Å². The van der Waals surface area contributed by atoms with E-state index in [0.717, 1.165) is 0 Å². The second-order valence-corrected chi connectivity index (χ2v) is 14.8. The van der Waals surface area contributed by atoms with Gasteiger partial charge in [-0.25, -0.2) is 0 Å². The molecule has 1 aliphatic heterocycles. The van der Waals surface area contributed by atoms with Crippen LogP contribution in [0.15, 0.2) is 0 Å². The van der Waals surface area contributed by atoms with Crippen LogP contribution in [0.25, 0.3) is 0 Å². The Balaban J connectivity index is 3.11. The van der Waals surface area contributed by atoms with E-state index in [1.165, 1.54) is 4.90 Å². The second kappa shape index (κ2) is 8.49. The van der Waals surface area contributed by atoms with Gasteiger partial charge >= 0.3 is 0 Å². The minimum absolute atomic E-state index is 0.0238. The summed E-state index contributed by atoms with van der Waals surface area (Å²) in [6, 6.07) is 0. The monoisotopic (exact) mass is 403 g/mol. The van der Waals surface area contributed by atoms with Gasteiger partial charge in [0, 0.05) is 20.0 Å². The molecule has 0 aromatic rings. The lowest BCUT2D eigenvalue weighted by molar-refractivity contribution is -0.160. The molecule has 0 aromatic carbocycles. The number of aliphatic hydroxyl groups excluding tert-OH is 1. The fraction of sp³-hybridized carbons (Fsp3) is 0.950. The number of carbonyl (C=O) groups is 1. The van der Waals surface area contributed by atoms with Crippen molar-refractivity contribution >= 4 is 14.2 Å². The van der Waals surface area contributed by atoms with Crippen molar-refractivity contribution in [1.82, 2.24) is 4.90 Å². The molecule has 6 nitrogen and oxygen atoms in total. The molecule has 1 heterocycles. The Kier molecular flexibility index (Phi) is 7.73. The van der Waals surface area contributed by atoms with E-state index in [0.29, 0.717) is 6.61 Å². The van der Waals surface area contributed by atoms with E-state index in [4.69, 9.17) is 13.9 Å². The van der Waals surface area contributed by atoms with Crippen LogP contribution in [0.2, 0.25) is 18.1 Å². The molecule has 27 heavy (non-hydrogen) atoms. The van der Waals surface area contributed by atoms with Crippen LogP contribution >= 0.6 is 0 Å². The van der Waals surface area contributed by atoms with Crippen molar-refractivity contribution < 1.29 is 23.8 Å². The molecule has 160 valence electrons. The molecular weight excluding hydrogens is 362 g/mol. The first-order valence-corrected chi connectivity index (χ1v) is 12.8. The Bertz CT molecular complexity index is 515. The van der Waals surface area contributed by atoms with Crippen molar-refractivity contribution in [2.45, 2.75) is 90.7 Å². The van der Waals surface area contributed by atoms with Crippen LogP contribution in [0.3, 0.4) is 0 Å². The second-order valence-electron chi connectivity index (χ2n) is 10.1. The lowest BCUT2D eigenvalue weighted by Gasteiger charge is -2.43. The number of nitrogens with zero attached hydrogens (tertiary/aromatic N) is 1. The molecule has 1 amide bonds. The van der Waals surface area contributed by atoms with Gasteiger partial charge in [0.2, 0.25) is 5.91 Å². The van der Waals surface area contributed by atoms with Gasteiger partial charge in [-0.3, -0.25) is 4.79 Å². The number of carbonyl (C=O) groups excluding carboxylic acids is 1. The van der Waals surface area contributed by atoms with Crippen molar-refractivity contribution in [2.24, 2.45) is 11.8 Å². The molecule has 0 radical (unpaired) electrons. The number of hydrogen-bond acceptors (Lipinski definition) is 5. The molecule has 1 fully saturated rings. The summed E-state index contributed by atoms with van der Waals surface area (Å²) in [6.07, 6.45) is -1.46. The fourth-order valence-electron chi connectivity index (χ4n) is 3.12. The molecule has 0 spiro atoms. The van der Waals surface area contributed by atoms with Gasteiger partial charge in [-0.2, -0.15) is 0 Å². The Labute approximate surface area is 166 Å². The zero-order valence-electron chi connectivity index (χ0n) is 19.1. The van der Waals surface area contributed by atoms with E-state index >= 15 is 0 Å². The van der Waals surface area contributed by atoms with Crippen LogP contribution in [0.5, 0.6) is 0 Å². The number of amides is 1. The third kappa shape index (κ3) is 6.00. The highest BCUT2D eigenvalue weighted by Crippen LogP contribution is 2.40. The minimum atomic E-state index is -2.12. The summed E-state index contributed by atoms with van der Waals surface area (Å²) in [5, 5.41) is 11.0. The van der Waals surface area contributed by atoms with E-state index in [-0.39, 0.29) is 29.1 Å². The molecule has 5 atom stereocenters. The molecule has 0 bridgehead atoms. The van der Waals surface area contributed by atoms with Crippen LogP contribution in [0.1, 0.15) is 48.5 Å². The number of ether oxygens (including phenoxy) is 2. The van der Waals surface area contributed by atoms with Crippen molar-refractivity contribution in [3.8, 4) is 0 Å². The lowest BCUT2D eigenvalue weighted by Crippen LogP contribution is -2.53. The van der Waals surface area contributed by atoms with E-state index in [1.54, 1.807) is 21.0 Å². The standard InChI is InChI=1S/C20H41NO5Si/c1-13(16(22)14(2)18(23)21(8)9)17(15-12-24-20(6,7)25-15)26-27(10,11)19(3,4)5/h13-17,22H,12H2,1-11H3/t13-,14+,15+,16+,17-/m0/s1. The minimum Gasteiger partial charge on any atom is -0.411 e. The first-order chi connectivity index (χ1) is 12.0. The highest BCUT2D eigenvalue weighted by molar-refractivity contribution is 6.74. The molecule has 1 rings (SSSR count). The van der Waals surface area contributed by atoms with Crippen LogP contribution in [-0.2, 0) is 18.7 Å². The average Bonchev–Trinajstić information content (AvgIpc) is 2.88. The van der Waals surface area contributed by atoms with Gasteiger partial charge in [0.15, 0.2) is 14.1 Å². The van der Waals surface area contributed by atoms with Gasteiger partial charge in [-0.05, 0) is 32.0 Å². The van der Waals surface area contributed by atoms with E-state index in [1.807, 2.05) is 20.8 Å². The van der Waals surface area contributed by atoms with Crippen molar-refractivity contribution in [3.05, 3.63) is 0 Å². The maximum atomic E-state index is 12.4. The van der Waals surface area contributed by atoms with Crippen LogP contribution < -0.4 is 0 Å². The normalized spacial score (nSPS) is 25.0. The largest absolute Gasteiger partial charge is 0.411 e. The smallest absolute Gasteiger partial charge is 0.227 e. The van der Waals surface area contributed by atoms with Gasteiger partial charge in [-0.15, -0.1) is 0 Å². The van der Waals surface area contributed by atoms with E-state index < -0.39 is 26.1 Å². The number of rotatable bonds is 7. The van der Waals surface area contributed by atoms with Gasteiger partial charge in [0.1, 0.15) is 6.10 Å². The maximum Gasteiger partial charge on any atom is 0.227 e. The zero-order valence-corrected chi connectivity index (χ0v) is 20.1. The Hall–Kier alpha value is -0.473. The highest BCUT2D eigenvalue weighted by Gasteiger charge is 2.48. The summed E-state index contributed by atoms with van der Waals surface area (Å²) >= 11 is 0. The van der Waals surface area contributed by atoms with Gasteiger partial charge in [0.05, 0.1) is 24.7 Å². The third-order valence-corrected chi connectivity index (χ3v) is 10.5. The van der Waals surface area contributed by atoms with Gasteiger partial charge in [-0.1, -0.05) is 34.6 Å². The lowest BCUT2D eigenvalue weighted by atomic mass is 9.86. The Morgan fingerprint density at radius 2 is 1.78 bits per heavy atom. The van der Waals surface area contributed by atoms with E-state index in [9.17, 15) is 9.90 Å². The van der Waals surface area contributed by atoms with Crippen molar-refractivity contribution in [1.29, 1.82) is 0 Å². The predicted octanol–water partition coefficient (Wildman–Crippen LogP) is 3.25. The van der Waals surface area contributed by atoms with Crippen molar-refractivity contribution in [2.75, 3.05) is 20.7 Å². The van der Waals surface area contributed by atoms with Crippen LogP contribution in [0.4, 0.5) is 0 Å². The highest BCUT2D eigenvalue weighted by atomic mass is 28.4. The van der Waals surface area contributed by atoms with Gasteiger partial charge in [0.25, 0.3) is 0 Å². The molecule has 1 N–H and O–H groups in total. The molecule has 1 saturated heterocycles. The van der Waals surface area contributed by atoms with Crippen LogP contribution in [-0.4, -0.2) is 69.0 Å². The summed E-state index contributed by atoms with van der Waals surface area (Å²) in [5.41, 5.74) is 0. The number of hydrogen-bond donors (Lipinski definition) is 1. The third-order valence-electron chi connectivity index (χ3n) is 6.03. The zero-order chi connectivity index (χ0) is 21.4. The van der Waals surface area contributed by atoms with Crippen LogP contribution in [0, 0.1) is 11.8 Å². The molecule has 1 aliphatic rings. The fourth-order valence-corrected chi connectivity index (χ4v) is 4.52. The molecule has 0 unspecified atom stereocenters. The quantitative estimate of drug-likeness (QED) is 0.661. The van der Waals surface area contributed by atoms with Crippen molar-refractivity contribution in [3.63, 3.8) is 0 Å². The Morgan fingerprint density at radius 3 is 2.15 bits per heavy atom. The molecule has 0 saturated carbocycles. The first kappa shape index (κ1) is 24.6. The first-order valence-electron chi connectivity index (χ1n) is 9.89.